The molecule has 52 valence electrons. The molecule has 0 aromatic heterocycles. The van der Waals surface area contributed by atoms with Crippen LogP contribution < -0.4 is 0 Å². The molecule has 0 bridgehead atoms. The minimum atomic E-state index is 0. The van der Waals surface area contributed by atoms with E-state index in [0.717, 1.165) is 6.29 Å². The zero-order valence-electron chi connectivity index (χ0n) is 5.40. The summed E-state index contributed by atoms with van der Waals surface area (Å²) in [5.74, 6) is 0. The maximum absolute atomic E-state index is 8.81. The first kappa shape index (κ1) is 26.2. The first-order valence-electron chi connectivity index (χ1n) is 2.31. The monoisotopic (exact) mass is 118 g/mol. The summed E-state index contributed by atoms with van der Waals surface area (Å²) < 4.78 is 0. The molecule has 0 fully saturated rings. The average Bonchev–Trinajstić information content (AvgIpc) is 1.78. The quantitative estimate of drug-likeness (QED) is 0.353. The van der Waals surface area contributed by atoms with Gasteiger partial charge in [-0.25, -0.2) is 0 Å². The predicted molar refractivity (Wildman–Crippen MR) is 41.1 cm³/mol. The van der Waals surface area contributed by atoms with Crippen LogP contribution >= 0.6 is 0 Å². The Morgan fingerprint density at radius 1 is 1.25 bits per heavy atom. The van der Waals surface area contributed by atoms with E-state index in [9.17, 15) is 0 Å². The second-order valence-electron chi connectivity index (χ2n) is 0.236. The highest BCUT2D eigenvalue weighted by atomic mass is 16.1. The van der Waals surface area contributed by atoms with E-state index >= 15 is 0 Å². The van der Waals surface area contributed by atoms with Crippen LogP contribution in [-0.2, 0) is 4.79 Å². The van der Waals surface area contributed by atoms with Gasteiger partial charge in [-0.05, 0) is 6.92 Å². The summed E-state index contributed by atoms with van der Waals surface area (Å²) >= 11 is 0. The fraction of sp³-hybridized carbons (Fsp3) is 0.571. The Hall–Kier alpha value is -0.590. The molecule has 0 amide bonds. The lowest BCUT2D eigenvalue weighted by Crippen LogP contribution is -1.36. The molecule has 8 heavy (non-hydrogen) atoms. The fourth-order valence-electron chi connectivity index (χ4n) is 0. The predicted octanol–water partition coefficient (Wildman–Crippen LogP) is 2.67. The van der Waals surface area contributed by atoms with Gasteiger partial charge in [0.2, 0.25) is 0 Å². The molecule has 1 heteroatoms. The van der Waals surface area contributed by atoms with E-state index < -0.39 is 0 Å². The number of carbonyl (C=O) groups excluding carboxylic acids is 1. The standard InChI is InChI=1S/C2H4O.C2H6.C2H4.CH4/c1-2-3;2*1-2;/h2H,1H3;1-2H3;1-2H2;1H4. The second kappa shape index (κ2) is 1120. The van der Waals surface area contributed by atoms with Crippen LogP contribution in [0.1, 0.15) is 28.2 Å². The van der Waals surface area contributed by atoms with Crippen molar-refractivity contribution in [3.05, 3.63) is 13.2 Å². The maximum Gasteiger partial charge on any atom is 0.116 e. The zero-order chi connectivity index (χ0) is 6.71. The molecule has 0 aromatic carbocycles. The fourth-order valence-corrected chi connectivity index (χ4v) is 0. The second-order valence-corrected chi connectivity index (χ2v) is 0.236. The Bertz CT molecular complexity index is 18.3. The van der Waals surface area contributed by atoms with Gasteiger partial charge in [-0.3, -0.25) is 0 Å². The van der Waals surface area contributed by atoms with E-state index in [0.29, 0.717) is 0 Å². The summed E-state index contributed by atoms with van der Waals surface area (Å²) in [6.07, 6.45) is 0.750. The van der Waals surface area contributed by atoms with Crippen LogP contribution in [0.5, 0.6) is 0 Å². The van der Waals surface area contributed by atoms with Gasteiger partial charge in [-0.1, -0.05) is 21.3 Å². The minimum Gasteiger partial charge on any atom is -0.304 e. The first-order valence-corrected chi connectivity index (χ1v) is 2.31. The number of hydrogen-bond donors (Lipinski definition) is 0. The van der Waals surface area contributed by atoms with Gasteiger partial charge in [0, 0.05) is 0 Å². The average molecular weight is 118 g/mol. The normalized spacial score (nSPS) is 2.88. The van der Waals surface area contributed by atoms with Crippen molar-refractivity contribution in [1.29, 1.82) is 0 Å². The number of aldehydes is 1. The molecule has 0 unspecified atom stereocenters. The van der Waals surface area contributed by atoms with Crippen molar-refractivity contribution in [1.82, 2.24) is 0 Å². The van der Waals surface area contributed by atoms with Crippen LogP contribution in [0.15, 0.2) is 13.2 Å². The third-order valence-electron chi connectivity index (χ3n) is 0. The van der Waals surface area contributed by atoms with E-state index in [-0.39, 0.29) is 7.43 Å². The number of hydrogen-bond acceptors (Lipinski definition) is 1. The third-order valence-corrected chi connectivity index (χ3v) is 0. The Morgan fingerprint density at radius 3 is 1.25 bits per heavy atom. The largest absolute Gasteiger partial charge is 0.304 e. The number of carbonyl (C=O) groups is 1. The molecule has 0 spiro atoms. The smallest absolute Gasteiger partial charge is 0.116 e. The van der Waals surface area contributed by atoms with Crippen molar-refractivity contribution in [2.45, 2.75) is 28.2 Å². The van der Waals surface area contributed by atoms with Gasteiger partial charge in [0.25, 0.3) is 0 Å². The summed E-state index contributed by atoms with van der Waals surface area (Å²) in [6.45, 7) is 11.4. The van der Waals surface area contributed by atoms with Gasteiger partial charge in [0.05, 0.1) is 0 Å². The van der Waals surface area contributed by atoms with Crippen molar-refractivity contribution in [3.8, 4) is 0 Å². The molecule has 0 aliphatic carbocycles. The van der Waals surface area contributed by atoms with E-state index in [1.165, 1.54) is 6.92 Å². The molecule has 1 nitrogen and oxygen atoms in total. The van der Waals surface area contributed by atoms with Crippen molar-refractivity contribution in [2.24, 2.45) is 0 Å². The highest BCUT2D eigenvalue weighted by Crippen LogP contribution is 1.14. The molecule has 0 aliphatic heterocycles. The molecule has 0 atom stereocenters. The van der Waals surface area contributed by atoms with Crippen LogP contribution in [0, 0.1) is 0 Å². The van der Waals surface area contributed by atoms with Crippen LogP contribution in [-0.4, -0.2) is 6.29 Å². The van der Waals surface area contributed by atoms with Crippen molar-refractivity contribution >= 4 is 6.29 Å². The van der Waals surface area contributed by atoms with Crippen LogP contribution in [0.3, 0.4) is 0 Å². The molecule has 0 aliphatic rings. The van der Waals surface area contributed by atoms with E-state index in [1.54, 1.807) is 0 Å². The zero-order valence-corrected chi connectivity index (χ0v) is 5.40. The molecule has 0 heterocycles. The third kappa shape index (κ3) is 302. The first-order chi connectivity index (χ1) is 3.41. The van der Waals surface area contributed by atoms with Gasteiger partial charge in [-0.15, -0.1) is 13.2 Å². The lowest BCUT2D eigenvalue weighted by molar-refractivity contribution is -0.106. The van der Waals surface area contributed by atoms with Crippen LogP contribution in [0.25, 0.3) is 0 Å². The Balaban J connectivity index is -0.0000000147. The topological polar surface area (TPSA) is 17.1 Å². The van der Waals surface area contributed by atoms with Gasteiger partial charge < -0.3 is 4.79 Å². The van der Waals surface area contributed by atoms with Crippen LogP contribution in [0.4, 0.5) is 0 Å². The van der Waals surface area contributed by atoms with Crippen molar-refractivity contribution in [3.63, 3.8) is 0 Å². The van der Waals surface area contributed by atoms with Gasteiger partial charge in [0.15, 0.2) is 0 Å². The lowest BCUT2D eigenvalue weighted by atomic mass is 11.0. The number of rotatable bonds is 0. The Labute approximate surface area is 53.4 Å². The molecule has 0 saturated carbocycles. The van der Waals surface area contributed by atoms with Crippen molar-refractivity contribution < 1.29 is 4.79 Å². The van der Waals surface area contributed by atoms with E-state index in [2.05, 4.69) is 13.2 Å². The molecule has 0 saturated heterocycles. The summed E-state index contributed by atoms with van der Waals surface area (Å²) in [5.41, 5.74) is 0. The van der Waals surface area contributed by atoms with E-state index in [4.69, 9.17) is 4.79 Å². The molecule has 0 aromatic rings. The summed E-state index contributed by atoms with van der Waals surface area (Å²) in [5, 5.41) is 0. The van der Waals surface area contributed by atoms with Gasteiger partial charge in [-0.2, -0.15) is 0 Å². The Morgan fingerprint density at radius 2 is 1.25 bits per heavy atom. The molecular weight excluding hydrogens is 100 g/mol. The maximum atomic E-state index is 8.81. The van der Waals surface area contributed by atoms with Gasteiger partial charge in [0.1, 0.15) is 6.29 Å². The SMILES string of the molecule is C.C=C.CC.CC=O. The minimum absolute atomic E-state index is 0. The highest BCUT2D eigenvalue weighted by molar-refractivity contribution is 5.44. The summed E-state index contributed by atoms with van der Waals surface area (Å²) in [4.78, 5) is 8.81. The van der Waals surface area contributed by atoms with E-state index in [1.807, 2.05) is 13.8 Å². The van der Waals surface area contributed by atoms with Crippen LogP contribution in [0.2, 0.25) is 0 Å². The molecule has 0 N–H and O–H groups in total. The highest BCUT2D eigenvalue weighted by Gasteiger charge is 1.24. The lowest BCUT2D eigenvalue weighted by Gasteiger charge is -1.23. The summed E-state index contributed by atoms with van der Waals surface area (Å²) in [7, 11) is 0. The Kier molecular flexibility index (Phi) is 3650. The van der Waals surface area contributed by atoms with Gasteiger partial charge >= 0.3 is 0 Å². The summed E-state index contributed by atoms with van der Waals surface area (Å²) in [6, 6.07) is 0. The van der Waals surface area contributed by atoms with Crippen molar-refractivity contribution in [2.75, 3.05) is 0 Å². The molecular formula is C7H18O. The molecule has 0 radical (unpaired) electrons. The molecule has 0 rings (SSSR count).